The molecule has 0 spiro atoms. The Balaban J connectivity index is 1.15. The lowest BCUT2D eigenvalue weighted by atomic mass is 10.1. The number of methoxy groups -OCH3 is 2. The summed E-state index contributed by atoms with van der Waals surface area (Å²) in [7, 11) is 5.21. The Hall–Kier alpha value is -4.55. The highest BCUT2D eigenvalue weighted by Crippen LogP contribution is 2.29. The van der Waals surface area contributed by atoms with Crippen LogP contribution in [0.5, 0.6) is 11.5 Å². The van der Waals surface area contributed by atoms with Crippen LogP contribution < -0.4 is 19.3 Å². The standard InChI is InChI=1S/C33H35ClN6O5S/c1-37(14-13-23-7-12-28(44-2)29(20-23)45-3)31-21-30(34)35-33(36-31)46-22-24-5-4-6-25(19-24)32(41)39-17-15-38(16-18-39)26-8-10-27(11-9-26)40(42)43/h4-12,19-21H,13-18,22H2,1-3H3. The summed E-state index contributed by atoms with van der Waals surface area (Å²) in [5, 5.41) is 11.9. The Morgan fingerprint density at radius 2 is 1.70 bits per heavy atom. The number of ether oxygens (including phenoxy) is 2. The molecule has 240 valence electrons. The number of nitrogens with zero attached hydrogens (tertiary/aromatic N) is 6. The number of nitro groups is 1. The Kier molecular flexibility index (Phi) is 10.8. The third-order valence-electron chi connectivity index (χ3n) is 7.77. The Labute approximate surface area is 277 Å². The summed E-state index contributed by atoms with van der Waals surface area (Å²) in [6.45, 7) is 3.13. The second-order valence-corrected chi connectivity index (χ2v) is 12.1. The molecular weight excluding hydrogens is 628 g/mol. The molecule has 0 bridgehead atoms. The third-order valence-corrected chi connectivity index (χ3v) is 8.88. The fourth-order valence-electron chi connectivity index (χ4n) is 5.17. The van der Waals surface area contributed by atoms with E-state index in [4.69, 9.17) is 26.1 Å². The van der Waals surface area contributed by atoms with E-state index in [1.807, 2.05) is 59.3 Å². The number of anilines is 2. The molecule has 0 unspecified atom stereocenters. The number of non-ortho nitro benzene ring substituents is 1. The molecule has 4 aromatic rings. The lowest BCUT2D eigenvalue weighted by Crippen LogP contribution is -2.48. The van der Waals surface area contributed by atoms with Crippen LogP contribution in [0.4, 0.5) is 17.2 Å². The van der Waals surface area contributed by atoms with Gasteiger partial charge in [0, 0.05) is 75.0 Å². The van der Waals surface area contributed by atoms with Gasteiger partial charge in [0.05, 0.1) is 19.1 Å². The number of halogens is 1. The number of piperazine rings is 1. The number of hydrogen-bond donors (Lipinski definition) is 0. The van der Waals surface area contributed by atoms with Crippen LogP contribution in [0.3, 0.4) is 0 Å². The first-order chi connectivity index (χ1) is 22.2. The summed E-state index contributed by atoms with van der Waals surface area (Å²) in [6, 6.07) is 21.8. The molecule has 0 radical (unpaired) electrons. The van der Waals surface area contributed by atoms with Crippen molar-refractivity contribution in [1.29, 1.82) is 0 Å². The Morgan fingerprint density at radius 3 is 2.39 bits per heavy atom. The van der Waals surface area contributed by atoms with Crippen molar-refractivity contribution in [3.8, 4) is 11.5 Å². The van der Waals surface area contributed by atoms with Gasteiger partial charge in [-0.2, -0.15) is 0 Å². The average molecular weight is 663 g/mol. The summed E-state index contributed by atoms with van der Waals surface area (Å²) in [5.74, 6) is 2.66. The van der Waals surface area contributed by atoms with Crippen molar-refractivity contribution in [1.82, 2.24) is 14.9 Å². The molecule has 0 aliphatic carbocycles. The summed E-state index contributed by atoms with van der Waals surface area (Å²) in [6.07, 6.45) is 0.772. The van der Waals surface area contributed by atoms with E-state index in [-0.39, 0.29) is 11.6 Å². The summed E-state index contributed by atoms with van der Waals surface area (Å²) >= 11 is 7.85. The number of hydrogen-bond acceptors (Lipinski definition) is 10. The lowest BCUT2D eigenvalue weighted by molar-refractivity contribution is -0.384. The maximum atomic E-state index is 13.3. The van der Waals surface area contributed by atoms with E-state index in [1.165, 1.54) is 23.9 Å². The normalized spacial score (nSPS) is 13.0. The van der Waals surface area contributed by atoms with E-state index in [1.54, 1.807) is 32.4 Å². The fourth-order valence-corrected chi connectivity index (χ4v) is 6.19. The van der Waals surface area contributed by atoms with Gasteiger partial charge in [-0.15, -0.1) is 0 Å². The zero-order chi connectivity index (χ0) is 32.6. The number of benzene rings is 3. The Bertz CT molecular complexity index is 1680. The number of carbonyl (C=O) groups is 1. The zero-order valence-corrected chi connectivity index (χ0v) is 27.5. The molecule has 1 aliphatic heterocycles. The van der Waals surface area contributed by atoms with E-state index in [2.05, 4.69) is 9.88 Å². The third kappa shape index (κ3) is 8.18. The molecule has 11 nitrogen and oxygen atoms in total. The predicted molar refractivity (Wildman–Crippen MR) is 181 cm³/mol. The number of amides is 1. The number of likely N-dealkylation sites (N-methyl/N-ethyl adjacent to an activating group) is 1. The highest BCUT2D eigenvalue weighted by Gasteiger charge is 2.23. The van der Waals surface area contributed by atoms with Gasteiger partial charge in [0.25, 0.3) is 11.6 Å². The maximum Gasteiger partial charge on any atom is 0.269 e. The molecule has 3 aromatic carbocycles. The van der Waals surface area contributed by atoms with Crippen molar-refractivity contribution in [2.75, 3.05) is 63.8 Å². The van der Waals surface area contributed by atoms with E-state index in [0.717, 1.165) is 29.1 Å². The average Bonchev–Trinajstić information content (AvgIpc) is 3.09. The fraction of sp³-hybridized carbons (Fsp3) is 0.303. The summed E-state index contributed by atoms with van der Waals surface area (Å²) in [4.78, 5) is 39.1. The molecule has 13 heteroatoms. The first-order valence-corrected chi connectivity index (χ1v) is 16.1. The SMILES string of the molecule is COc1ccc(CCN(C)c2cc(Cl)nc(SCc3cccc(C(=O)N4CCN(c5ccc([N+](=O)[O-])cc5)CC4)c3)n2)cc1OC. The van der Waals surface area contributed by atoms with Crippen molar-refractivity contribution in [2.45, 2.75) is 17.3 Å². The number of carbonyl (C=O) groups excluding carboxylic acids is 1. The molecule has 1 aromatic heterocycles. The minimum absolute atomic E-state index is 0.0207. The largest absolute Gasteiger partial charge is 0.493 e. The first-order valence-electron chi connectivity index (χ1n) is 14.7. The van der Waals surface area contributed by atoms with Gasteiger partial charge >= 0.3 is 0 Å². The molecule has 2 heterocycles. The molecule has 1 amide bonds. The minimum atomic E-state index is -0.407. The van der Waals surface area contributed by atoms with Crippen LogP contribution in [0.25, 0.3) is 0 Å². The molecule has 1 saturated heterocycles. The number of rotatable bonds is 12. The van der Waals surface area contributed by atoms with Gasteiger partial charge in [0.15, 0.2) is 16.7 Å². The van der Waals surface area contributed by atoms with Crippen molar-refractivity contribution in [3.63, 3.8) is 0 Å². The van der Waals surface area contributed by atoms with E-state index < -0.39 is 4.92 Å². The molecular formula is C33H35ClN6O5S. The summed E-state index contributed by atoms with van der Waals surface area (Å²) in [5.41, 5.74) is 3.69. The van der Waals surface area contributed by atoms with E-state index >= 15 is 0 Å². The van der Waals surface area contributed by atoms with Crippen LogP contribution in [-0.2, 0) is 12.2 Å². The highest BCUT2D eigenvalue weighted by molar-refractivity contribution is 7.98. The van der Waals surface area contributed by atoms with Gasteiger partial charge in [-0.1, -0.05) is 41.6 Å². The van der Waals surface area contributed by atoms with Crippen molar-refractivity contribution in [2.24, 2.45) is 0 Å². The molecule has 0 atom stereocenters. The number of aromatic nitrogens is 2. The van der Waals surface area contributed by atoms with Crippen LogP contribution in [-0.4, -0.2) is 79.7 Å². The molecule has 1 fully saturated rings. The van der Waals surface area contributed by atoms with E-state index in [0.29, 0.717) is 65.8 Å². The minimum Gasteiger partial charge on any atom is -0.493 e. The molecule has 5 rings (SSSR count). The first kappa shape index (κ1) is 32.8. The van der Waals surface area contributed by atoms with Gasteiger partial charge in [0.2, 0.25) is 0 Å². The zero-order valence-electron chi connectivity index (χ0n) is 25.9. The smallest absolute Gasteiger partial charge is 0.269 e. The van der Waals surface area contributed by atoms with E-state index in [9.17, 15) is 14.9 Å². The van der Waals surface area contributed by atoms with Crippen LogP contribution in [0.2, 0.25) is 5.15 Å². The van der Waals surface area contributed by atoms with Gasteiger partial charge in [-0.3, -0.25) is 14.9 Å². The van der Waals surface area contributed by atoms with Crippen LogP contribution in [0.15, 0.2) is 78.0 Å². The highest BCUT2D eigenvalue weighted by atomic mass is 35.5. The summed E-state index contributed by atoms with van der Waals surface area (Å²) < 4.78 is 10.8. The lowest BCUT2D eigenvalue weighted by Gasteiger charge is -2.36. The molecule has 1 aliphatic rings. The molecule has 0 saturated carbocycles. The van der Waals surface area contributed by atoms with Gasteiger partial charge in [-0.05, 0) is 53.9 Å². The number of nitro benzene ring substituents is 1. The molecule has 46 heavy (non-hydrogen) atoms. The number of thioether (sulfide) groups is 1. The topological polar surface area (TPSA) is 114 Å². The van der Waals surface area contributed by atoms with Crippen LogP contribution in [0.1, 0.15) is 21.5 Å². The van der Waals surface area contributed by atoms with Crippen molar-refractivity contribution < 1.29 is 19.2 Å². The molecule has 0 N–H and O–H groups in total. The van der Waals surface area contributed by atoms with Crippen molar-refractivity contribution in [3.05, 3.63) is 105 Å². The van der Waals surface area contributed by atoms with Crippen molar-refractivity contribution >= 4 is 46.5 Å². The predicted octanol–water partition coefficient (Wildman–Crippen LogP) is 5.99. The maximum absolute atomic E-state index is 13.3. The van der Waals surface area contributed by atoms with Gasteiger partial charge < -0.3 is 24.2 Å². The van der Waals surface area contributed by atoms with Crippen LogP contribution >= 0.6 is 23.4 Å². The second kappa shape index (κ2) is 15.2. The monoisotopic (exact) mass is 662 g/mol. The van der Waals surface area contributed by atoms with Crippen LogP contribution in [0, 0.1) is 10.1 Å². The van der Waals surface area contributed by atoms with Gasteiger partial charge in [0.1, 0.15) is 11.0 Å². The van der Waals surface area contributed by atoms with Gasteiger partial charge in [-0.25, -0.2) is 9.97 Å². The second-order valence-electron chi connectivity index (χ2n) is 10.7. The quantitative estimate of drug-likeness (QED) is 0.0589. The Morgan fingerprint density at radius 1 is 0.957 bits per heavy atom.